The number of aromatic nitrogens is 3. The molecule has 1 unspecified atom stereocenters. The smallest absolute Gasteiger partial charge is 0.243 e. The van der Waals surface area contributed by atoms with Crippen molar-refractivity contribution in [2.24, 2.45) is 4.99 Å². The number of hydrogen-bond donors (Lipinski definition) is 2. The van der Waals surface area contributed by atoms with E-state index in [0.29, 0.717) is 24.9 Å². The summed E-state index contributed by atoms with van der Waals surface area (Å²) < 4.78 is 12.5. The number of ether oxygens (including phenoxy) is 2. The van der Waals surface area contributed by atoms with Crippen LogP contribution in [0.1, 0.15) is 24.5 Å². The van der Waals surface area contributed by atoms with Gasteiger partial charge in [-0.2, -0.15) is 5.10 Å². The molecule has 1 fully saturated rings. The van der Waals surface area contributed by atoms with Crippen molar-refractivity contribution >= 4 is 35.8 Å². The SMILES string of the molecule is COCc1nc2n(n1)CC(NC(=NCC(=O)N(C)C)NCCCN1CCOCC1)CC2.I. The summed E-state index contributed by atoms with van der Waals surface area (Å²) in [7, 11) is 5.13. The predicted octanol–water partition coefficient (Wildman–Crippen LogP) is -0.297. The predicted molar refractivity (Wildman–Crippen MR) is 132 cm³/mol. The van der Waals surface area contributed by atoms with Gasteiger partial charge in [0, 0.05) is 53.3 Å². The largest absolute Gasteiger partial charge is 0.379 e. The summed E-state index contributed by atoms with van der Waals surface area (Å²) in [6, 6.07) is 0.171. The Morgan fingerprint density at radius 1 is 1.34 bits per heavy atom. The highest BCUT2D eigenvalue weighted by Crippen LogP contribution is 2.13. The zero-order valence-electron chi connectivity index (χ0n) is 19.4. The maximum Gasteiger partial charge on any atom is 0.243 e. The van der Waals surface area contributed by atoms with Crippen LogP contribution in [0.5, 0.6) is 0 Å². The number of carbonyl (C=O) groups excluding carboxylic acids is 1. The molecule has 3 rings (SSSR count). The van der Waals surface area contributed by atoms with Gasteiger partial charge in [-0.05, 0) is 19.4 Å². The summed E-state index contributed by atoms with van der Waals surface area (Å²) in [5.74, 6) is 2.35. The van der Waals surface area contributed by atoms with Gasteiger partial charge in [0.25, 0.3) is 0 Å². The van der Waals surface area contributed by atoms with Gasteiger partial charge in [0.2, 0.25) is 5.91 Å². The number of fused-ring (bicyclic) bond motifs is 1. The van der Waals surface area contributed by atoms with Gasteiger partial charge in [0.15, 0.2) is 11.8 Å². The van der Waals surface area contributed by atoms with E-state index >= 15 is 0 Å². The molecule has 0 radical (unpaired) electrons. The molecule has 1 atom stereocenters. The van der Waals surface area contributed by atoms with Gasteiger partial charge in [-0.25, -0.2) is 14.7 Å². The minimum atomic E-state index is -0.0270. The van der Waals surface area contributed by atoms with Crippen LogP contribution >= 0.6 is 24.0 Å². The molecular weight excluding hydrogens is 527 g/mol. The molecule has 32 heavy (non-hydrogen) atoms. The first-order valence-electron chi connectivity index (χ1n) is 11.0. The fourth-order valence-electron chi connectivity index (χ4n) is 3.64. The number of aryl methyl sites for hydroxylation is 1. The van der Waals surface area contributed by atoms with E-state index in [9.17, 15) is 4.79 Å². The molecule has 1 saturated heterocycles. The lowest BCUT2D eigenvalue weighted by Gasteiger charge is -2.27. The topological polar surface area (TPSA) is 109 Å². The molecule has 0 aromatic carbocycles. The van der Waals surface area contributed by atoms with Crippen molar-refractivity contribution in [2.75, 3.05) is 67.1 Å². The van der Waals surface area contributed by atoms with Crippen molar-refractivity contribution in [1.29, 1.82) is 0 Å². The minimum absolute atomic E-state index is 0. The van der Waals surface area contributed by atoms with Crippen LogP contribution in [0.15, 0.2) is 4.99 Å². The second kappa shape index (κ2) is 13.9. The maximum atomic E-state index is 12.0. The maximum absolute atomic E-state index is 12.0. The zero-order chi connectivity index (χ0) is 22.1. The van der Waals surface area contributed by atoms with Gasteiger partial charge >= 0.3 is 0 Å². The Labute approximate surface area is 207 Å². The van der Waals surface area contributed by atoms with Crippen molar-refractivity contribution < 1.29 is 14.3 Å². The first-order valence-corrected chi connectivity index (χ1v) is 11.0. The van der Waals surface area contributed by atoms with Crippen LogP contribution in [-0.2, 0) is 33.8 Å². The fourth-order valence-corrected chi connectivity index (χ4v) is 3.64. The molecule has 2 N–H and O–H groups in total. The summed E-state index contributed by atoms with van der Waals surface area (Å²) in [5.41, 5.74) is 0. The third-order valence-electron chi connectivity index (χ3n) is 5.43. The zero-order valence-corrected chi connectivity index (χ0v) is 21.7. The summed E-state index contributed by atoms with van der Waals surface area (Å²) in [6.45, 7) is 6.66. The van der Waals surface area contributed by atoms with Crippen LogP contribution in [0.4, 0.5) is 0 Å². The molecule has 11 nitrogen and oxygen atoms in total. The molecule has 1 aromatic rings. The number of methoxy groups -OCH3 is 1. The lowest BCUT2D eigenvalue weighted by atomic mass is 10.1. The Kier molecular flexibility index (Phi) is 11.6. The van der Waals surface area contributed by atoms with E-state index in [4.69, 9.17) is 9.47 Å². The van der Waals surface area contributed by atoms with Crippen molar-refractivity contribution in [1.82, 2.24) is 35.2 Å². The highest BCUT2D eigenvalue weighted by atomic mass is 127. The molecule has 0 saturated carbocycles. The quantitative estimate of drug-likeness (QED) is 0.182. The first-order chi connectivity index (χ1) is 15.0. The number of aliphatic imine (C=N–C) groups is 1. The molecule has 2 aliphatic rings. The third kappa shape index (κ3) is 8.45. The van der Waals surface area contributed by atoms with Gasteiger partial charge in [0.1, 0.15) is 19.0 Å². The minimum Gasteiger partial charge on any atom is -0.379 e. The number of nitrogens with one attached hydrogen (secondary N) is 2. The number of rotatable bonds is 9. The monoisotopic (exact) mass is 564 g/mol. The molecule has 0 aliphatic carbocycles. The van der Waals surface area contributed by atoms with Gasteiger partial charge in [-0.15, -0.1) is 24.0 Å². The van der Waals surface area contributed by atoms with E-state index < -0.39 is 0 Å². The Morgan fingerprint density at radius 2 is 2.12 bits per heavy atom. The number of likely N-dealkylation sites (N-methyl/N-ethyl adjacent to an activating group) is 1. The van der Waals surface area contributed by atoms with Crippen molar-refractivity contribution in [3.63, 3.8) is 0 Å². The van der Waals surface area contributed by atoms with Crippen LogP contribution in [0.3, 0.4) is 0 Å². The lowest BCUT2D eigenvalue weighted by molar-refractivity contribution is -0.127. The lowest BCUT2D eigenvalue weighted by Crippen LogP contribution is -2.48. The number of hydrogen-bond acceptors (Lipinski definition) is 7. The Bertz CT molecular complexity index is 736. The molecule has 12 heteroatoms. The van der Waals surface area contributed by atoms with Crippen LogP contribution in [0.2, 0.25) is 0 Å². The molecule has 1 aromatic heterocycles. The van der Waals surface area contributed by atoms with Crippen LogP contribution < -0.4 is 10.6 Å². The summed E-state index contributed by atoms with van der Waals surface area (Å²) in [6.07, 6.45) is 2.77. The molecule has 0 bridgehead atoms. The molecular formula is C20H37IN8O3. The van der Waals surface area contributed by atoms with E-state index in [1.165, 1.54) is 0 Å². The molecule has 182 valence electrons. The number of guanidine groups is 1. The van der Waals surface area contributed by atoms with Crippen LogP contribution in [-0.4, -0.2) is 110 Å². The molecule has 0 spiro atoms. The third-order valence-corrected chi connectivity index (χ3v) is 5.43. The second-order valence-corrected chi connectivity index (χ2v) is 8.13. The second-order valence-electron chi connectivity index (χ2n) is 8.13. The number of carbonyl (C=O) groups is 1. The van der Waals surface area contributed by atoms with Gasteiger partial charge in [0.05, 0.1) is 19.8 Å². The van der Waals surface area contributed by atoms with E-state index in [1.54, 1.807) is 26.1 Å². The fraction of sp³-hybridized carbons (Fsp3) is 0.800. The van der Waals surface area contributed by atoms with Crippen LogP contribution in [0, 0.1) is 0 Å². The van der Waals surface area contributed by atoms with Gasteiger partial charge in [-0.1, -0.05) is 0 Å². The van der Waals surface area contributed by atoms with Gasteiger partial charge in [-0.3, -0.25) is 9.69 Å². The number of morpholine rings is 1. The van der Waals surface area contributed by atoms with Gasteiger partial charge < -0.3 is 25.0 Å². The van der Waals surface area contributed by atoms with Crippen molar-refractivity contribution in [2.45, 2.75) is 38.5 Å². The molecule has 3 heterocycles. The number of halogens is 1. The Hall–Kier alpha value is -1.51. The number of nitrogens with zero attached hydrogens (tertiary/aromatic N) is 6. The van der Waals surface area contributed by atoms with E-state index in [0.717, 1.165) is 64.5 Å². The highest BCUT2D eigenvalue weighted by molar-refractivity contribution is 14.0. The standard InChI is InChI=1S/C20H36N8O3.HI/c1-26(2)19(29)13-22-20(21-7-4-8-27-9-11-31-12-10-27)23-16-5-6-18-24-17(15-30-3)25-28(18)14-16;/h16H,4-15H2,1-3H3,(H2,21,22,23);1H. The van der Waals surface area contributed by atoms with Crippen molar-refractivity contribution in [3.8, 4) is 0 Å². The van der Waals surface area contributed by atoms with E-state index in [2.05, 4.69) is 30.6 Å². The van der Waals surface area contributed by atoms with Crippen molar-refractivity contribution in [3.05, 3.63) is 11.6 Å². The van der Waals surface area contributed by atoms with E-state index in [-0.39, 0.29) is 42.5 Å². The molecule has 1 amide bonds. The van der Waals surface area contributed by atoms with Crippen LogP contribution in [0.25, 0.3) is 0 Å². The summed E-state index contributed by atoms with van der Waals surface area (Å²) in [5, 5.41) is 11.4. The summed E-state index contributed by atoms with van der Waals surface area (Å²) in [4.78, 5) is 25.0. The number of amides is 1. The highest BCUT2D eigenvalue weighted by Gasteiger charge is 2.22. The Balaban J connectivity index is 0.00000363. The Morgan fingerprint density at radius 3 is 2.84 bits per heavy atom. The normalized spacial score (nSPS) is 19.1. The first kappa shape index (κ1) is 26.7. The van der Waals surface area contributed by atoms with E-state index in [1.807, 2.05) is 4.68 Å². The average molecular weight is 564 g/mol. The summed E-state index contributed by atoms with van der Waals surface area (Å²) >= 11 is 0. The average Bonchev–Trinajstić information content (AvgIpc) is 3.17. The molecule has 2 aliphatic heterocycles.